The lowest BCUT2D eigenvalue weighted by Gasteiger charge is -2.40. The zero-order valence-corrected chi connectivity index (χ0v) is 13.4. The highest BCUT2D eigenvalue weighted by Crippen LogP contribution is 2.33. The maximum absolute atomic E-state index is 12.6. The number of nitrogens with zero attached hydrogens (tertiary/aromatic N) is 3. The molecule has 2 amide bonds. The molecule has 2 aliphatic heterocycles. The minimum atomic E-state index is -0.127. The minimum Gasteiger partial charge on any atom is -0.341 e. The van der Waals surface area contributed by atoms with Crippen LogP contribution in [-0.2, 0) is 9.59 Å². The first-order valence-electron chi connectivity index (χ1n) is 8.70. The van der Waals surface area contributed by atoms with E-state index in [2.05, 4.69) is 11.1 Å². The van der Waals surface area contributed by atoms with Crippen molar-refractivity contribution in [2.75, 3.05) is 19.6 Å². The smallest absolute Gasteiger partial charge is 0.228 e. The van der Waals surface area contributed by atoms with Gasteiger partial charge in [-0.2, -0.15) is 0 Å². The standard InChI is InChI=1S/C18H23N3O2/c22-17-8-14(12-21(17)16-5-1-2-6-16)18(23)20-10-15(11-20)13-4-3-7-19-9-13/h3-4,7,9,14-16H,1-2,5-6,8,10-12H2/t14-/m1/s1. The first-order chi connectivity index (χ1) is 11.2. The summed E-state index contributed by atoms with van der Waals surface area (Å²) in [7, 11) is 0. The summed E-state index contributed by atoms with van der Waals surface area (Å²) < 4.78 is 0. The summed E-state index contributed by atoms with van der Waals surface area (Å²) in [5.74, 6) is 0.618. The lowest BCUT2D eigenvalue weighted by molar-refractivity contribution is -0.140. The van der Waals surface area contributed by atoms with Crippen molar-refractivity contribution in [2.45, 2.75) is 44.1 Å². The predicted molar refractivity (Wildman–Crippen MR) is 85.6 cm³/mol. The Morgan fingerprint density at radius 3 is 2.65 bits per heavy atom. The number of aromatic nitrogens is 1. The van der Waals surface area contributed by atoms with Crippen LogP contribution < -0.4 is 0 Å². The van der Waals surface area contributed by atoms with Gasteiger partial charge in [0.2, 0.25) is 11.8 Å². The fourth-order valence-electron chi connectivity index (χ4n) is 4.21. The van der Waals surface area contributed by atoms with Gasteiger partial charge in [0.15, 0.2) is 0 Å². The number of hydrogen-bond acceptors (Lipinski definition) is 3. The molecule has 122 valence electrons. The fraction of sp³-hybridized carbons (Fsp3) is 0.611. The predicted octanol–water partition coefficient (Wildman–Crippen LogP) is 1.80. The quantitative estimate of drug-likeness (QED) is 0.855. The van der Waals surface area contributed by atoms with Gasteiger partial charge in [-0.3, -0.25) is 14.6 Å². The van der Waals surface area contributed by atoms with Crippen molar-refractivity contribution in [3.8, 4) is 0 Å². The molecule has 3 heterocycles. The second kappa shape index (κ2) is 5.95. The van der Waals surface area contributed by atoms with E-state index in [1.54, 1.807) is 6.20 Å². The maximum atomic E-state index is 12.6. The van der Waals surface area contributed by atoms with Crippen molar-refractivity contribution >= 4 is 11.8 Å². The minimum absolute atomic E-state index is 0.127. The second-order valence-corrected chi connectivity index (χ2v) is 7.11. The molecule has 0 aromatic carbocycles. The monoisotopic (exact) mass is 313 g/mol. The van der Waals surface area contributed by atoms with Crippen LogP contribution in [0.5, 0.6) is 0 Å². The van der Waals surface area contributed by atoms with Gasteiger partial charge in [0.1, 0.15) is 0 Å². The Balaban J connectivity index is 1.33. The highest BCUT2D eigenvalue weighted by molar-refractivity contribution is 5.90. The average molecular weight is 313 g/mol. The van der Waals surface area contributed by atoms with Crippen molar-refractivity contribution in [1.82, 2.24) is 14.8 Å². The van der Waals surface area contributed by atoms with Gasteiger partial charge >= 0.3 is 0 Å². The Labute approximate surface area is 136 Å². The highest BCUT2D eigenvalue weighted by Gasteiger charge is 2.42. The zero-order valence-electron chi connectivity index (χ0n) is 13.4. The molecule has 0 spiro atoms. The molecule has 23 heavy (non-hydrogen) atoms. The number of carbonyl (C=O) groups is 2. The van der Waals surface area contributed by atoms with Crippen molar-refractivity contribution in [2.24, 2.45) is 5.92 Å². The molecular weight excluding hydrogens is 290 g/mol. The van der Waals surface area contributed by atoms with E-state index >= 15 is 0 Å². The number of carbonyl (C=O) groups excluding carboxylic acids is 2. The van der Waals surface area contributed by atoms with Crippen molar-refractivity contribution < 1.29 is 9.59 Å². The van der Waals surface area contributed by atoms with E-state index in [0.29, 0.717) is 24.9 Å². The van der Waals surface area contributed by atoms with Crippen LogP contribution in [0.2, 0.25) is 0 Å². The summed E-state index contributed by atoms with van der Waals surface area (Å²) in [5.41, 5.74) is 1.20. The van der Waals surface area contributed by atoms with Gasteiger partial charge in [-0.25, -0.2) is 0 Å². The van der Waals surface area contributed by atoms with Crippen LogP contribution in [0.1, 0.15) is 43.6 Å². The first kappa shape index (κ1) is 14.7. The fourth-order valence-corrected chi connectivity index (χ4v) is 4.21. The van der Waals surface area contributed by atoms with Crippen LogP contribution in [0.25, 0.3) is 0 Å². The molecular formula is C18H23N3O2. The van der Waals surface area contributed by atoms with E-state index in [-0.39, 0.29) is 17.7 Å². The molecule has 4 rings (SSSR count). The summed E-state index contributed by atoms with van der Waals surface area (Å²) in [6, 6.07) is 4.40. The molecule has 0 radical (unpaired) electrons. The number of amides is 2. The Hall–Kier alpha value is -1.91. The van der Waals surface area contributed by atoms with Crippen LogP contribution in [0.4, 0.5) is 0 Å². The van der Waals surface area contributed by atoms with Crippen molar-refractivity contribution in [3.05, 3.63) is 30.1 Å². The largest absolute Gasteiger partial charge is 0.341 e. The number of pyridine rings is 1. The number of likely N-dealkylation sites (tertiary alicyclic amines) is 2. The first-order valence-corrected chi connectivity index (χ1v) is 8.70. The van der Waals surface area contributed by atoms with Crippen LogP contribution in [0.3, 0.4) is 0 Å². The normalized spacial score (nSPS) is 25.9. The summed E-state index contributed by atoms with van der Waals surface area (Å²) in [6.07, 6.45) is 8.71. The highest BCUT2D eigenvalue weighted by atomic mass is 16.2. The van der Waals surface area contributed by atoms with Gasteiger partial charge in [-0.15, -0.1) is 0 Å². The van der Waals surface area contributed by atoms with E-state index in [1.165, 1.54) is 18.4 Å². The Morgan fingerprint density at radius 1 is 1.17 bits per heavy atom. The molecule has 3 fully saturated rings. The Morgan fingerprint density at radius 2 is 1.96 bits per heavy atom. The molecule has 5 heteroatoms. The van der Waals surface area contributed by atoms with E-state index < -0.39 is 0 Å². The summed E-state index contributed by atoms with van der Waals surface area (Å²) in [4.78, 5) is 32.9. The molecule has 1 saturated carbocycles. The molecule has 1 aromatic heterocycles. The number of rotatable bonds is 3. The maximum Gasteiger partial charge on any atom is 0.228 e. The molecule has 5 nitrogen and oxygen atoms in total. The van der Waals surface area contributed by atoms with Gasteiger partial charge in [-0.05, 0) is 24.5 Å². The Bertz CT molecular complexity index is 592. The third-order valence-electron chi connectivity index (χ3n) is 5.62. The molecule has 2 saturated heterocycles. The summed E-state index contributed by atoms with van der Waals surface area (Å²) in [6.45, 7) is 2.16. The molecule has 1 atom stereocenters. The molecule has 0 bridgehead atoms. The molecule has 1 aliphatic carbocycles. The van der Waals surface area contributed by atoms with Crippen LogP contribution in [-0.4, -0.2) is 52.3 Å². The third-order valence-corrected chi connectivity index (χ3v) is 5.62. The van der Waals surface area contributed by atoms with E-state index in [9.17, 15) is 9.59 Å². The average Bonchev–Trinajstić information content (AvgIpc) is 3.16. The van der Waals surface area contributed by atoms with Crippen LogP contribution >= 0.6 is 0 Å². The van der Waals surface area contributed by atoms with E-state index in [1.807, 2.05) is 22.1 Å². The molecule has 0 N–H and O–H groups in total. The van der Waals surface area contributed by atoms with E-state index in [0.717, 1.165) is 25.9 Å². The third kappa shape index (κ3) is 2.73. The summed E-state index contributed by atoms with van der Waals surface area (Å²) >= 11 is 0. The van der Waals surface area contributed by atoms with Gasteiger partial charge < -0.3 is 9.80 Å². The number of hydrogen-bond donors (Lipinski definition) is 0. The van der Waals surface area contributed by atoms with Gasteiger partial charge in [-0.1, -0.05) is 18.9 Å². The van der Waals surface area contributed by atoms with Crippen LogP contribution in [0.15, 0.2) is 24.5 Å². The summed E-state index contributed by atoms with van der Waals surface area (Å²) in [5, 5.41) is 0. The van der Waals surface area contributed by atoms with Gasteiger partial charge in [0, 0.05) is 50.4 Å². The molecule has 1 aromatic rings. The van der Waals surface area contributed by atoms with E-state index in [4.69, 9.17) is 0 Å². The van der Waals surface area contributed by atoms with Crippen molar-refractivity contribution in [1.29, 1.82) is 0 Å². The second-order valence-electron chi connectivity index (χ2n) is 7.11. The SMILES string of the molecule is O=C([C@@H]1CC(=O)N(C2CCCC2)C1)N1CC(c2cccnc2)C1. The van der Waals surface area contributed by atoms with Gasteiger partial charge in [0.05, 0.1) is 5.92 Å². The lowest BCUT2D eigenvalue weighted by Crippen LogP contribution is -2.51. The zero-order chi connectivity index (χ0) is 15.8. The lowest BCUT2D eigenvalue weighted by atomic mass is 9.91. The van der Waals surface area contributed by atoms with Gasteiger partial charge in [0.25, 0.3) is 0 Å². The Kier molecular flexibility index (Phi) is 3.79. The topological polar surface area (TPSA) is 53.5 Å². The molecule has 0 unspecified atom stereocenters. The van der Waals surface area contributed by atoms with Crippen LogP contribution in [0, 0.1) is 5.92 Å². The van der Waals surface area contributed by atoms with Crippen molar-refractivity contribution in [3.63, 3.8) is 0 Å². The molecule has 3 aliphatic rings.